The van der Waals surface area contributed by atoms with Gasteiger partial charge in [0.1, 0.15) is 11.6 Å². The highest BCUT2D eigenvalue weighted by Gasteiger charge is 1.99. The third kappa shape index (κ3) is 3.78. The Morgan fingerprint density at radius 2 is 2.24 bits per heavy atom. The van der Waals surface area contributed by atoms with Crippen molar-refractivity contribution in [3.8, 4) is 0 Å². The molecule has 0 unspecified atom stereocenters. The number of hydrogen-bond acceptors (Lipinski definition) is 5. The number of thioether (sulfide) groups is 1. The summed E-state index contributed by atoms with van der Waals surface area (Å²) < 4.78 is 5.26. The van der Waals surface area contributed by atoms with Crippen LogP contribution >= 0.6 is 11.8 Å². The molecule has 0 aromatic carbocycles. The summed E-state index contributed by atoms with van der Waals surface area (Å²) in [6, 6.07) is 3.88. The normalized spacial score (nSPS) is 10.4. The number of hydrogen-bond donors (Lipinski definition) is 1. The molecule has 90 valence electrons. The molecule has 0 saturated carbocycles. The van der Waals surface area contributed by atoms with Crippen molar-refractivity contribution in [1.82, 2.24) is 9.97 Å². The molecule has 0 bridgehead atoms. The summed E-state index contributed by atoms with van der Waals surface area (Å²) in [5.74, 6) is 3.53. The fourth-order valence-corrected chi connectivity index (χ4v) is 2.18. The topological polar surface area (TPSA) is 51.0 Å². The van der Waals surface area contributed by atoms with Gasteiger partial charge >= 0.3 is 0 Å². The summed E-state index contributed by atoms with van der Waals surface area (Å²) in [6.45, 7) is 2.90. The van der Waals surface area contributed by atoms with Gasteiger partial charge in [0.2, 0.25) is 0 Å². The van der Waals surface area contributed by atoms with Gasteiger partial charge in [0.15, 0.2) is 0 Å². The SMILES string of the molecule is CCNc1cnc(CSCc2ccco2)cn1. The molecule has 5 heteroatoms. The molecular formula is C12H15N3OS. The van der Waals surface area contributed by atoms with Crippen LogP contribution < -0.4 is 5.32 Å². The molecule has 0 amide bonds. The first-order valence-corrected chi connectivity index (χ1v) is 6.69. The van der Waals surface area contributed by atoms with Gasteiger partial charge in [0.25, 0.3) is 0 Å². The van der Waals surface area contributed by atoms with E-state index in [0.717, 1.165) is 35.3 Å². The van der Waals surface area contributed by atoms with Crippen molar-refractivity contribution in [3.05, 3.63) is 42.2 Å². The Labute approximate surface area is 105 Å². The van der Waals surface area contributed by atoms with Crippen LogP contribution in [-0.2, 0) is 11.5 Å². The van der Waals surface area contributed by atoms with Crippen molar-refractivity contribution in [2.24, 2.45) is 0 Å². The van der Waals surface area contributed by atoms with E-state index in [1.807, 2.05) is 25.3 Å². The van der Waals surface area contributed by atoms with Crippen LogP contribution in [0.25, 0.3) is 0 Å². The molecule has 0 aliphatic heterocycles. The summed E-state index contributed by atoms with van der Waals surface area (Å²) in [5, 5.41) is 3.12. The van der Waals surface area contributed by atoms with Crippen LogP contribution in [0.2, 0.25) is 0 Å². The first-order chi connectivity index (χ1) is 8.38. The molecule has 0 aliphatic rings. The number of nitrogens with one attached hydrogen (secondary N) is 1. The van der Waals surface area contributed by atoms with Gasteiger partial charge in [-0.2, -0.15) is 0 Å². The van der Waals surface area contributed by atoms with Crippen LogP contribution in [0, 0.1) is 0 Å². The average molecular weight is 249 g/mol. The van der Waals surface area contributed by atoms with E-state index in [4.69, 9.17) is 4.42 Å². The largest absolute Gasteiger partial charge is 0.468 e. The molecule has 2 aromatic rings. The maximum atomic E-state index is 5.26. The number of anilines is 1. The van der Waals surface area contributed by atoms with Gasteiger partial charge in [-0.1, -0.05) is 0 Å². The zero-order valence-electron chi connectivity index (χ0n) is 9.72. The van der Waals surface area contributed by atoms with Crippen molar-refractivity contribution in [2.75, 3.05) is 11.9 Å². The van der Waals surface area contributed by atoms with E-state index in [0.29, 0.717) is 0 Å². The minimum Gasteiger partial charge on any atom is -0.468 e. The second-order valence-corrected chi connectivity index (χ2v) is 4.48. The third-order valence-electron chi connectivity index (χ3n) is 2.14. The van der Waals surface area contributed by atoms with Crippen molar-refractivity contribution in [3.63, 3.8) is 0 Å². The quantitative estimate of drug-likeness (QED) is 0.853. The molecule has 0 spiro atoms. The average Bonchev–Trinajstić information content (AvgIpc) is 2.85. The molecule has 0 atom stereocenters. The Bertz CT molecular complexity index is 428. The molecule has 2 heterocycles. The lowest BCUT2D eigenvalue weighted by Crippen LogP contribution is -2.00. The molecule has 0 fully saturated rings. The maximum Gasteiger partial charge on any atom is 0.144 e. The number of nitrogens with zero attached hydrogens (tertiary/aromatic N) is 2. The summed E-state index contributed by atoms with van der Waals surface area (Å²) in [6.07, 6.45) is 5.28. The van der Waals surface area contributed by atoms with Crippen LogP contribution in [0.1, 0.15) is 18.4 Å². The molecular weight excluding hydrogens is 234 g/mol. The predicted molar refractivity (Wildman–Crippen MR) is 69.9 cm³/mol. The fraction of sp³-hybridized carbons (Fsp3) is 0.333. The van der Waals surface area contributed by atoms with E-state index < -0.39 is 0 Å². The Morgan fingerprint density at radius 3 is 2.88 bits per heavy atom. The van der Waals surface area contributed by atoms with E-state index in [1.54, 1.807) is 24.2 Å². The number of rotatable bonds is 6. The lowest BCUT2D eigenvalue weighted by molar-refractivity contribution is 0.530. The molecule has 2 rings (SSSR count). The van der Waals surface area contributed by atoms with E-state index in [1.165, 1.54) is 0 Å². The summed E-state index contributed by atoms with van der Waals surface area (Å²) >= 11 is 1.77. The summed E-state index contributed by atoms with van der Waals surface area (Å²) in [5.41, 5.74) is 0.989. The van der Waals surface area contributed by atoms with Gasteiger partial charge in [0.05, 0.1) is 30.1 Å². The molecule has 1 N–H and O–H groups in total. The van der Waals surface area contributed by atoms with Gasteiger partial charge in [-0.3, -0.25) is 4.98 Å². The van der Waals surface area contributed by atoms with Gasteiger partial charge in [0, 0.05) is 12.3 Å². The molecule has 0 aliphatic carbocycles. The molecule has 17 heavy (non-hydrogen) atoms. The van der Waals surface area contributed by atoms with Gasteiger partial charge in [-0.25, -0.2) is 4.98 Å². The highest BCUT2D eigenvalue weighted by molar-refractivity contribution is 7.97. The van der Waals surface area contributed by atoms with Crippen LogP contribution in [-0.4, -0.2) is 16.5 Å². The summed E-state index contributed by atoms with van der Waals surface area (Å²) in [4.78, 5) is 8.61. The highest BCUT2D eigenvalue weighted by atomic mass is 32.2. The Morgan fingerprint density at radius 1 is 1.29 bits per heavy atom. The molecule has 2 aromatic heterocycles. The van der Waals surface area contributed by atoms with E-state index in [-0.39, 0.29) is 0 Å². The second kappa shape index (κ2) is 6.30. The van der Waals surface area contributed by atoms with Crippen molar-refractivity contribution >= 4 is 17.6 Å². The Kier molecular flexibility index (Phi) is 4.44. The first kappa shape index (κ1) is 12.0. The van der Waals surface area contributed by atoms with Crippen molar-refractivity contribution in [2.45, 2.75) is 18.4 Å². The lowest BCUT2D eigenvalue weighted by Gasteiger charge is -2.03. The Balaban J connectivity index is 1.79. The molecule has 0 radical (unpaired) electrons. The van der Waals surface area contributed by atoms with Gasteiger partial charge in [-0.15, -0.1) is 11.8 Å². The van der Waals surface area contributed by atoms with E-state index in [9.17, 15) is 0 Å². The van der Waals surface area contributed by atoms with Crippen LogP contribution in [0.3, 0.4) is 0 Å². The Hall–Kier alpha value is -1.49. The van der Waals surface area contributed by atoms with Crippen LogP contribution in [0.4, 0.5) is 5.82 Å². The maximum absolute atomic E-state index is 5.26. The minimum absolute atomic E-state index is 0.826. The standard InChI is InChI=1S/C12H15N3OS/c1-2-13-12-7-14-10(6-15-12)8-17-9-11-4-3-5-16-11/h3-7H,2,8-9H2,1H3,(H,13,15). The third-order valence-corrected chi connectivity index (χ3v) is 3.13. The second-order valence-electron chi connectivity index (χ2n) is 3.50. The van der Waals surface area contributed by atoms with Crippen LogP contribution in [0.5, 0.6) is 0 Å². The van der Waals surface area contributed by atoms with E-state index >= 15 is 0 Å². The zero-order chi connectivity index (χ0) is 11.9. The summed E-state index contributed by atoms with van der Waals surface area (Å²) in [7, 11) is 0. The minimum atomic E-state index is 0.826. The zero-order valence-corrected chi connectivity index (χ0v) is 10.5. The highest BCUT2D eigenvalue weighted by Crippen LogP contribution is 2.16. The van der Waals surface area contributed by atoms with Crippen LogP contribution in [0.15, 0.2) is 35.2 Å². The number of furan rings is 1. The van der Waals surface area contributed by atoms with Gasteiger partial charge < -0.3 is 9.73 Å². The van der Waals surface area contributed by atoms with Crippen molar-refractivity contribution in [1.29, 1.82) is 0 Å². The van der Waals surface area contributed by atoms with Gasteiger partial charge in [-0.05, 0) is 19.1 Å². The van der Waals surface area contributed by atoms with Crippen molar-refractivity contribution < 1.29 is 4.42 Å². The molecule has 4 nitrogen and oxygen atoms in total. The molecule has 0 saturated heterocycles. The van der Waals surface area contributed by atoms with E-state index in [2.05, 4.69) is 15.3 Å². The first-order valence-electron chi connectivity index (χ1n) is 5.53. The fourth-order valence-electron chi connectivity index (χ4n) is 1.35. The smallest absolute Gasteiger partial charge is 0.144 e. The monoisotopic (exact) mass is 249 g/mol. The lowest BCUT2D eigenvalue weighted by atomic mass is 10.5. The number of aromatic nitrogens is 2. The predicted octanol–water partition coefficient (Wildman–Crippen LogP) is 2.93.